The monoisotopic (exact) mass is 430 g/mol. The molecule has 1 aliphatic carbocycles. The second kappa shape index (κ2) is 9.08. The maximum Gasteiger partial charge on any atom is 0.264 e. The number of amides is 1. The van der Waals surface area contributed by atoms with Gasteiger partial charge in [0.05, 0.1) is 17.7 Å². The first-order chi connectivity index (χ1) is 14.3. The van der Waals surface area contributed by atoms with Gasteiger partial charge in [0.25, 0.3) is 15.9 Å². The van der Waals surface area contributed by atoms with Crippen molar-refractivity contribution in [1.29, 1.82) is 0 Å². The second-order valence-corrected chi connectivity index (χ2v) is 9.78. The number of nitrogens with zero attached hydrogens (tertiary/aromatic N) is 2. The van der Waals surface area contributed by atoms with Crippen molar-refractivity contribution >= 4 is 21.6 Å². The van der Waals surface area contributed by atoms with E-state index in [-0.39, 0.29) is 10.8 Å². The largest absolute Gasteiger partial charge is 0.495 e. The number of carbonyl (C=O) groups is 1. The summed E-state index contributed by atoms with van der Waals surface area (Å²) in [5.74, 6) is 0.938. The van der Waals surface area contributed by atoms with E-state index in [9.17, 15) is 13.2 Å². The van der Waals surface area contributed by atoms with Gasteiger partial charge in [-0.3, -0.25) is 9.10 Å². The Hall–Kier alpha value is -2.54. The molecule has 1 fully saturated rings. The summed E-state index contributed by atoms with van der Waals surface area (Å²) in [4.78, 5) is 15.2. The molecule has 0 spiro atoms. The van der Waals surface area contributed by atoms with Gasteiger partial charge in [-0.2, -0.15) is 0 Å². The zero-order valence-electron chi connectivity index (χ0n) is 18.1. The molecule has 7 heteroatoms. The first-order valence-electron chi connectivity index (χ1n) is 10.3. The van der Waals surface area contributed by atoms with Gasteiger partial charge in [-0.05, 0) is 61.9 Å². The second-order valence-electron chi connectivity index (χ2n) is 7.82. The zero-order valence-corrected chi connectivity index (χ0v) is 18.9. The Morgan fingerprint density at radius 3 is 2.50 bits per heavy atom. The fourth-order valence-electron chi connectivity index (χ4n) is 3.50. The molecule has 2 aromatic carbocycles. The standard InChI is InChI=1S/C23H30N2O4S/c1-5-14-25(16-18-11-12-18)23(26)20-15-19(13-10-17(20)2)30(27,28)24(3)21-8-6-7-9-22(21)29-4/h6-10,13,15,18H,5,11-12,14,16H2,1-4H3. The molecule has 1 amide bonds. The number of hydrogen-bond acceptors (Lipinski definition) is 4. The molecule has 0 N–H and O–H groups in total. The number of sulfonamides is 1. The average Bonchev–Trinajstić information content (AvgIpc) is 3.56. The van der Waals surface area contributed by atoms with E-state index in [1.807, 2.05) is 18.7 Å². The Kier molecular flexibility index (Phi) is 6.71. The van der Waals surface area contributed by atoms with Crippen molar-refractivity contribution in [3.05, 3.63) is 53.6 Å². The van der Waals surface area contributed by atoms with Gasteiger partial charge in [-0.1, -0.05) is 25.1 Å². The molecule has 1 aliphatic rings. The van der Waals surface area contributed by atoms with Gasteiger partial charge in [0.1, 0.15) is 5.75 Å². The zero-order chi connectivity index (χ0) is 21.9. The average molecular weight is 431 g/mol. The quantitative estimate of drug-likeness (QED) is 0.601. The van der Waals surface area contributed by atoms with Crippen LogP contribution in [-0.4, -0.2) is 46.5 Å². The molecule has 0 radical (unpaired) electrons. The van der Waals surface area contributed by atoms with Crippen LogP contribution in [0.3, 0.4) is 0 Å². The number of anilines is 1. The summed E-state index contributed by atoms with van der Waals surface area (Å²) in [5.41, 5.74) is 1.66. The first kappa shape index (κ1) is 22.2. The summed E-state index contributed by atoms with van der Waals surface area (Å²) in [5, 5.41) is 0. The Morgan fingerprint density at radius 2 is 1.87 bits per heavy atom. The van der Waals surface area contributed by atoms with Crippen molar-refractivity contribution in [1.82, 2.24) is 4.90 Å². The number of ether oxygens (including phenoxy) is 1. The molecular formula is C23H30N2O4S. The van der Waals surface area contributed by atoms with Crippen LogP contribution < -0.4 is 9.04 Å². The van der Waals surface area contributed by atoms with Gasteiger partial charge in [0, 0.05) is 25.7 Å². The van der Waals surface area contributed by atoms with Gasteiger partial charge < -0.3 is 9.64 Å². The highest BCUT2D eigenvalue weighted by atomic mass is 32.2. The van der Waals surface area contributed by atoms with Gasteiger partial charge in [0.15, 0.2) is 0 Å². The highest BCUT2D eigenvalue weighted by molar-refractivity contribution is 7.92. The Bertz CT molecular complexity index is 1020. The Morgan fingerprint density at radius 1 is 1.17 bits per heavy atom. The van der Waals surface area contributed by atoms with Gasteiger partial charge >= 0.3 is 0 Å². The maximum atomic E-state index is 13.3. The van der Waals surface area contributed by atoms with Crippen molar-refractivity contribution in [2.24, 2.45) is 5.92 Å². The normalized spacial score (nSPS) is 13.7. The molecule has 6 nitrogen and oxygen atoms in total. The fraction of sp³-hybridized carbons (Fsp3) is 0.435. The van der Waals surface area contributed by atoms with E-state index in [2.05, 4.69) is 0 Å². The molecule has 3 rings (SSSR count). The molecule has 2 aromatic rings. The van der Waals surface area contributed by atoms with Crippen LogP contribution in [0, 0.1) is 12.8 Å². The molecular weight excluding hydrogens is 400 g/mol. The van der Waals surface area contributed by atoms with Crippen LogP contribution in [0.2, 0.25) is 0 Å². The number of rotatable bonds is 9. The highest BCUT2D eigenvalue weighted by Crippen LogP contribution is 2.32. The number of methoxy groups -OCH3 is 1. The highest BCUT2D eigenvalue weighted by Gasteiger charge is 2.29. The smallest absolute Gasteiger partial charge is 0.264 e. The van der Waals surface area contributed by atoms with E-state index in [0.29, 0.717) is 29.5 Å². The number of hydrogen-bond donors (Lipinski definition) is 0. The summed E-state index contributed by atoms with van der Waals surface area (Å²) in [6, 6.07) is 11.7. The number of carbonyl (C=O) groups excluding carboxylic acids is 1. The number of benzene rings is 2. The van der Waals surface area contributed by atoms with Crippen molar-refractivity contribution in [3.63, 3.8) is 0 Å². The van der Waals surface area contributed by atoms with E-state index in [4.69, 9.17) is 4.74 Å². The predicted molar refractivity (Wildman–Crippen MR) is 119 cm³/mol. The summed E-state index contributed by atoms with van der Waals surface area (Å²) in [7, 11) is -0.868. The van der Waals surface area contributed by atoms with Crippen LogP contribution in [0.1, 0.15) is 42.1 Å². The summed E-state index contributed by atoms with van der Waals surface area (Å²) in [6.07, 6.45) is 3.18. The third-order valence-corrected chi connectivity index (χ3v) is 7.25. The first-order valence-corrected chi connectivity index (χ1v) is 11.8. The third kappa shape index (κ3) is 4.61. The maximum absolute atomic E-state index is 13.3. The summed E-state index contributed by atoms with van der Waals surface area (Å²) < 4.78 is 33.1. The molecule has 0 aromatic heterocycles. The van der Waals surface area contributed by atoms with Crippen molar-refractivity contribution < 1.29 is 17.9 Å². The Labute approximate surface area is 179 Å². The summed E-state index contributed by atoms with van der Waals surface area (Å²) >= 11 is 0. The van der Waals surface area contributed by atoms with Crippen LogP contribution in [0.5, 0.6) is 5.75 Å². The van der Waals surface area contributed by atoms with Crippen LogP contribution in [0.4, 0.5) is 5.69 Å². The van der Waals surface area contributed by atoms with Gasteiger partial charge in [0.2, 0.25) is 0 Å². The minimum Gasteiger partial charge on any atom is -0.495 e. The van der Waals surface area contributed by atoms with Crippen molar-refractivity contribution in [2.75, 3.05) is 31.6 Å². The fourth-order valence-corrected chi connectivity index (χ4v) is 4.73. The molecule has 1 saturated carbocycles. The molecule has 0 atom stereocenters. The lowest BCUT2D eigenvalue weighted by molar-refractivity contribution is 0.0746. The molecule has 0 aliphatic heterocycles. The van der Waals surface area contributed by atoms with Crippen LogP contribution in [-0.2, 0) is 10.0 Å². The summed E-state index contributed by atoms with van der Waals surface area (Å²) in [6.45, 7) is 5.30. The SMILES string of the molecule is CCCN(CC1CC1)C(=O)c1cc(S(=O)(=O)N(C)c2ccccc2OC)ccc1C. The lowest BCUT2D eigenvalue weighted by atomic mass is 10.1. The van der Waals surface area contributed by atoms with Crippen molar-refractivity contribution in [3.8, 4) is 5.75 Å². The third-order valence-electron chi connectivity index (χ3n) is 5.48. The Balaban J connectivity index is 1.95. The van der Waals surface area contributed by atoms with E-state index in [1.165, 1.54) is 24.5 Å². The van der Waals surface area contributed by atoms with Gasteiger partial charge in [-0.25, -0.2) is 8.42 Å². The molecule has 162 valence electrons. The lowest BCUT2D eigenvalue weighted by Gasteiger charge is -2.24. The predicted octanol–water partition coefficient (Wildman–Crippen LogP) is 4.09. The van der Waals surface area contributed by atoms with Crippen molar-refractivity contribution in [2.45, 2.75) is 38.0 Å². The lowest BCUT2D eigenvalue weighted by Crippen LogP contribution is -2.34. The van der Waals surface area contributed by atoms with E-state index in [0.717, 1.165) is 31.4 Å². The van der Waals surface area contributed by atoms with Crippen LogP contribution in [0.15, 0.2) is 47.4 Å². The van der Waals surface area contributed by atoms with E-state index < -0.39 is 10.0 Å². The number of aryl methyl sites for hydroxylation is 1. The molecule has 0 saturated heterocycles. The topological polar surface area (TPSA) is 66.9 Å². The minimum absolute atomic E-state index is 0.0905. The molecule has 0 heterocycles. The molecule has 0 unspecified atom stereocenters. The van der Waals surface area contributed by atoms with Crippen LogP contribution >= 0.6 is 0 Å². The van der Waals surface area contributed by atoms with Crippen LogP contribution in [0.25, 0.3) is 0 Å². The van der Waals surface area contributed by atoms with E-state index >= 15 is 0 Å². The number of para-hydroxylation sites is 2. The minimum atomic E-state index is -3.86. The van der Waals surface area contributed by atoms with E-state index in [1.54, 1.807) is 36.4 Å². The molecule has 30 heavy (non-hydrogen) atoms. The van der Waals surface area contributed by atoms with Gasteiger partial charge in [-0.15, -0.1) is 0 Å². The molecule has 0 bridgehead atoms.